The average molecular weight is 210 g/mol. The molecule has 1 N–H and O–H groups in total. The van der Waals surface area contributed by atoms with Crippen LogP contribution in [-0.2, 0) is 6.42 Å². The van der Waals surface area contributed by atoms with Crippen molar-refractivity contribution in [2.24, 2.45) is 0 Å². The fraction of sp³-hybridized carbons (Fsp3) is 0.455. The van der Waals surface area contributed by atoms with Crippen LogP contribution in [0.15, 0.2) is 12.1 Å². The zero-order valence-corrected chi connectivity index (χ0v) is 8.66. The monoisotopic (exact) mass is 210 g/mol. The summed E-state index contributed by atoms with van der Waals surface area (Å²) in [7, 11) is 1.62. The molecule has 0 aromatic heterocycles. The Hall–Kier alpha value is -1.42. The van der Waals surface area contributed by atoms with Gasteiger partial charge in [-0.2, -0.15) is 0 Å². The molecule has 2 rings (SSSR count). The molecule has 0 fully saturated rings. The Bertz CT molecular complexity index is 349. The molecule has 1 aliphatic rings. The Kier molecular flexibility index (Phi) is 2.97. The lowest BCUT2D eigenvalue weighted by atomic mass is 10.1. The predicted octanol–water partition coefficient (Wildman–Crippen LogP) is 1.35. The van der Waals surface area contributed by atoms with Gasteiger partial charge in [-0.05, 0) is 24.5 Å². The number of hydrogen-bond acceptors (Lipinski definition) is 4. The van der Waals surface area contributed by atoms with Gasteiger partial charge in [0.2, 0.25) is 6.79 Å². The van der Waals surface area contributed by atoms with Crippen molar-refractivity contribution in [3.63, 3.8) is 0 Å². The van der Waals surface area contributed by atoms with Gasteiger partial charge in [0.25, 0.3) is 0 Å². The van der Waals surface area contributed by atoms with Crippen LogP contribution in [0.1, 0.15) is 12.0 Å². The normalized spacial score (nSPS) is 12.9. The summed E-state index contributed by atoms with van der Waals surface area (Å²) in [5.74, 6) is 2.26. The maximum atomic E-state index is 8.79. The first-order valence-corrected chi connectivity index (χ1v) is 4.92. The topological polar surface area (TPSA) is 47.9 Å². The number of aliphatic hydroxyl groups is 1. The summed E-state index contributed by atoms with van der Waals surface area (Å²) >= 11 is 0. The molecule has 1 aliphatic heterocycles. The van der Waals surface area contributed by atoms with E-state index in [-0.39, 0.29) is 13.4 Å². The second kappa shape index (κ2) is 4.40. The molecular weight excluding hydrogens is 196 g/mol. The smallest absolute Gasteiger partial charge is 0.231 e. The molecule has 0 saturated heterocycles. The first kappa shape index (κ1) is 10.1. The molecule has 0 unspecified atom stereocenters. The van der Waals surface area contributed by atoms with Crippen molar-refractivity contribution in [3.8, 4) is 17.2 Å². The largest absolute Gasteiger partial charge is 0.496 e. The minimum Gasteiger partial charge on any atom is -0.496 e. The highest BCUT2D eigenvalue weighted by Crippen LogP contribution is 2.38. The molecule has 0 aliphatic carbocycles. The van der Waals surface area contributed by atoms with Crippen LogP contribution in [0, 0.1) is 0 Å². The molecule has 0 spiro atoms. The van der Waals surface area contributed by atoms with Crippen LogP contribution in [0.2, 0.25) is 0 Å². The van der Waals surface area contributed by atoms with E-state index in [1.165, 1.54) is 0 Å². The average Bonchev–Trinajstić information content (AvgIpc) is 2.71. The number of methoxy groups -OCH3 is 1. The summed E-state index contributed by atoms with van der Waals surface area (Å²) in [5, 5.41) is 8.79. The van der Waals surface area contributed by atoms with Crippen molar-refractivity contribution >= 4 is 0 Å². The second-order valence-corrected chi connectivity index (χ2v) is 3.34. The number of rotatable bonds is 4. The summed E-state index contributed by atoms with van der Waals surface area (Å²) in [5.41, 5.74) is 1.04. The summed E-state index contributed by atoms with van der Waals surface area (Å²) in [6.07, 6.45) is 1.49. The Morgan fingerprint density at radius 3 is 2.73 bits per heavy atom. The number of fused-ring (bicyclic) bond motifs is 1. The highest BCUT2D eigenvalue weighted by atomic mass is 16.7. The third-order valence-corrected chi connectivity index (χ3v) is 2.38. The zero-order valence-electron chi connectivity index (χ0n) is 8.66. The molecule has 0 saturated carbocycles. The van der Waals surface area contributed by atoms with Crippen LogP contribution < -0.4 is 14.2 Å². The van der Waals surface area contributed by atoms with Gasteiger partial charge in [0.05, 0.1) is 7.11 Å². The van der Waals surface area contributed by atoms with E-state index in [2.05, 4.69) is 0 Å². The van der Waals surface area contributed by atoms with E-state index in [1.807, 2.05) is 12.1 Å². The maximum absolute atomic E-state index is 8.79. The highest BCUT2D eigenvalue weighted by molar-refractivity contribution is 5.51. The van der Waals surface area contributed by atoms with Gasteiger partial charge in [0, 0.05) is 12.7 Å². The van der Waals surface area contributed by atoms with E-state index in [1.54, 1.807) is 7.11 Å². The van der Waals surface area contributed by atoms with Gasteiger partial charge in [0.1, 0.15) is 5.75 Å². The molecule has 4 heteroatoms. The summed E-state index contributed by atoms with van der Waals surface area (Å²) in [6, 6.07) is 3.74. The van der Waals surface area contributed by atoms with E-state index in [9.17, 15) is 0 Å². The fourth-order valence-corrected chi connectivity index (χ4v) is 1.62. The summed E-state index contributed by atoms with van der Waals surface area (Å²) in [6.45, 7) is 0.444. The summed E-state index contributed by atoms with van der Waals surface area (Å²) in [4.78, 5) is 0. The molecule has 1 aromatic carbocycles. The van der Waals surface area contributed by atoms with Gasteiger partial charge in [0.15, 0.2) is 11.5 Å². The number of benzene rings is 1. The molecule has 15 heavy (non-hydrogen) atoms. The minimum absolute atomic E-state index is 0.178. The first-order valence-electron chi connectivity index (χ1n) is 4.92. The molecule has 1 aromatic rings. The molecule has 4 nitrogen and oxygen atoms in total. The fourth-order valence-electron chi connectivity index (χ4n) is 1.62. The van der Waals surface area contributed by atoms with Crippen LogP contribution in [0.4, 0.5) is 0 Å². The van der Waals surface area contributed by atoms with Gasteiger partial charge < -0.3 is 19.3 Å². The third kappa shape index (κ3) is 1.99. The van der Waals surface area contributed by atoms with Gasteiger partial charge in [-0.15, -0.1) is 0 Å². The van der Waals surface area contributed by atoms with Crippen LogP contribution in [0.25, 0.3) is 0 Å². The molecular formula is C11H14O4. The van der Waals surface area contributed by atoms with Crippen molar-refractivity contribution in [1.29, 1.82) is 0 Å². The highest BCUT2D eigenvalue weighted by Gasteiger charge is 2.17. The zero-order chi connectivity index (χ0) is 10.7. The lowest BCUT2D eigenvalue weighted by molar-refractivity contribution is 0.174. The Labute approximate surface area is 88.4 Å². The lowest BCUT2D eigenvalue weighted by Crippen LogP contribution is -1.94. The van der Waals surface area contributed by atoms with Crippen molar-refractivity contribution in [2.45, 2.75) is 12.8 Å². The van der Waals surface area contributed by atoms with Crippen molar-refractivity contribution in [1.82, 2.24) is 0 Å². The Balaban J connectivity index is 2.27. The van der Waals surface area contributed by atoms with Crippen LogP contribution in [0.5, 0.6) is 17.2 Å². The molecule has 82 valence electrons. The van der Waals surface area contributed by atoms with Crippen LogP contribution >= 0.6 is 0 Å². The number of aryl methyl sites for hydroxylation is 1. The predicted molar refractivity (Wildman–Crippen MR) is 54.5 cm³/mol. The van der Waals surface area contributed by atoms with Gasteiger partial charge in [-0.3, -0.25) is 0 Å². The van der Waals surface area contributed by atoms with E-state index < -0.39 is 0 Å². The minimum atomic E-state index is 0.178. The van der Waals surface area contributed by atoms with E-state index in [4.69, 9.17) is 19.3 Å². The van der Waals surface area contributed by atoms with Crippen molar-refractivity contribution in [2.75, 3.05) is 20.5 Å². The van der Waals surface area contributed by atoms with E-state index >= 15 is 0 Å². The number of ether oxygens (including phenoxy) is 3. The number of aliphatic hydroxyl groups excluding tert-OH is 1. The molecule has 0 radical (unpaired) electrons. The van der Waals surface area contributed by atoms with Crippen molar-refractivity contribution < 1.29 is 19.3 Å². The van der Waals surface area contributed by atoms with Gasteiger partial charge in [-0.1, -0.05) is 0 Å². The first-order chi connectivity index (χ1) is 7.35. The van der Waals surface area contributed by atoms with E-state index in [0.717, 1.165) is 35.7 Å². The number of hydrogen-bond donors (Lipinski definition) is 1. The van der Waals surface area contributed by atoms with E-state index in [0.29, 0.717) is 0 Å². The van der Waals surface area contributed by atoms with Gasteiger partial charge in [-0.25, -0.2) is 0 Å². The Morgan fingerprint density at radius 1 is 1.33 bits per heavy atom. The van der Waals surface area contributed by atoms with Gasteiger partial charge >= 0.3 is 0 Å². The van der Waals surface area contributed by atoms with Crippen molar-refractivity contribution in [3.05, 3.63) is 17.7 Å². The Morgan fingerprint density at radius 2 is 2.07 bits per heavy atom. The SMILES string of the molecule is COc1cc2c(cc1CCCO)OCO2. The molecule has 0 amide bonds. The van der Waals surface area contributed by atoms with Crippen LogP contribution in [0.3, 0.4) is 0 Å². The molecule has 0 bridgehead atoms. The van der Waals surface area contributed by atoms with Crippen LogP contribution in [-0.4, -0.2) is 25.6 Å². The maximum Gasteiger partial charge on any atom is 0.231 e. The molecule has 0 atom stereocenters. The standard InChI is InChI=1S/C11H14O4/c1-13-9-6-11-10(14-7-15-11)5-8(9)3-2-4-12/h5-6,12H,2-4,7H2,1H3. The second-order valence-electron chi connectivity index (χ2n) is 3.34. The quantitative estimate of drug-likeness (QED) is 0.814. The lowest BCUT2D eigenvalue weighted by Gasteiger charge is -2.08. The third-order valence-electron chi connectivity index (χ3n) is 2.38. The molecule has 1 heterocycles. The summed E-state index contributed by atoms with van der Waals surface area (Å²) < 4.78 is 15.8.